The van der Waals surface area contributed by atoms with Crippen molar-refractivity contribution in [3.63, 3.8) is 0 Å². The second-order valence-electron chi connectivity index (χ2n) is 5.06. The molecule has 0 saturated carbocycles. The van der Waals surface area contributed by atoms with Crippen molar-refractivity contribution < 1.29 is 9.59 Å². The third-order valence-electron chi connectivity index (χ3n) is 3.29. The molecule has 2 aromatic rings. The monoisotopic (exact) mass is 266 g/mol. The molecule has 4 nitrogen and oxygen atoms in total. The van der Waals surface area contributed by atoms with E-state index in [0.717, 1.165) is 22.6 Å². The van der Waals surface area contributed by atoms with Gasteiger partial charge in [0, 0.05) is 49.0 Å². The fourth-order valence-corrected chi connectivity index (χ4v) is 2.35. The summed E-state index contributed by atoms with van der Waals surface area (Å²) in [7, 11) is 0. The molecule has 4 heteroatoms. The molecule has 0 amide bonds. The summed E-state index contributed by atoms with van der Waals surface area (Å²) < 4.78 is 0. The van der Waals surface area contributed by atoms with Crippen LogP contribution in [-0.4, -0.2) is 21.5 Å². The average molecular weight is 266 g/mol. The molecule has 0 N–H and O–H groups in total. The Morgan fingerprint density at radius 2 is 1.40 bits per heavy atom. The lowest BCUT2D eigenvalue weighted by atomic mass is 10.1. The zero-order chi connectivity index (χ0) is 13.9. The SMILES string of the molecule is O=C1Cc2ccc(nc2)CC(=O)Cc2cccc(n2)C1. The standard InChI is InChI=1S/C16H14N2O2/c19-15-6-11-4-5-12(17-10-11)7-16(20)9-14-3-1-2-13(8-15)18-14/h1-5,10H,6-9H2. The van der Waals surface area contributed by atoms with Crippen LogP contribution in [0.3, 0.4) is 0 Å². The Morgan fingerprint density at radius 1 is 0.750 bits per heavy atom. The van der Waals surface area contributed by atoms with Crippen LogP contribution >= 0.6 is 0 Å². The highest BCUT2D eigenvalue weighted by Crippen LogP contribution is 2.09. The highest BCUT2D eigenvalue weighted by Gasteiger charge is 2.12. The van der Waals surface area contributed by atoms with Gasteiger partial charge in [-0.15, -0.1) is 0 Å². The molecular weight excluding hydrogens is 252 g/mol. The number of Topliss-reactive ketones (excluding diaryl/α,β-unsaturated/α-hetero) is 2. The number of rotatable bonds is 0. The molecule has 2 aliphatic rings. The summed E-state index contributed by atoms with van der Waals surface area (Å²) in [6, 6.07) is 9.19. The molecule has 0 aromatic carbocycles. The molecule has 0 fully saturated rings. The molecule has 0 saturated heterocycles. The number of carbonyl (C=O) groups is 2. The second kappa shape index (κ2) is 5.33. The first kappa shape index (κ1) is 12.7. The molecule has 100 valence electrons. The predicted molar refractivity (Wildman–Crippen MR) is 73.3 cm³/mol. The zero-order valence-electron chi connectivity index (χ0n) is 11.0. The number of carbonyl (C=O) groups excluding carboxylic acids is 2. The van der Waals surface area contributed by atoms with E-state index in [9.17, 15) is 9.59 Å². The Balaban J connectivity index is 1.97. The Kier molecular flexibility index (Phi) is 3.37. The first-order valence-corrected chi connectivity index (χ1v) is 6.61. The van der Waals surface area contributed by atoms with E-state index in [0.29, 0.717) is 19.3 Å². The van der Waals surface area contributed by atoms with Gasteiger partial charge in [-0.05, 0) is 23.8 Å². The Hall–Kier alpha value is -2.36. The van der Waals surface area contributed by atoms with Crippen molar-refractivity contribution >= 4 is 11.6 Å². The smallest absolute Gasteiger partial charge is 0.144 e. The van der Waals surface area contributed by atoms with Gasteiger partial charge < -0.3 is 0 Å². The topological polar surface area (TPSA) is 59.9 Å². The number of fused-ring (bicyclic) bond motifs is 6. The maximum absolute atomic E-state index is 12.0. The fourth-order valence-electron chi connectivity index (χ4n) is 2.35. The molecule has 2 aliphatic heterocycles. The van der Waals surface area contributed by atoms with Crippen LogP contribution in [0.2, 0.25) is 0 Å². The van der Waals surface area contributed by atoms with Gasteiger partial charge in [-0.3, -0.25) is 19.6 Å². The van der Waals surface area contributed by atoms with Gasteiger partial charge in [0.15, 0.2) is 0 Å². The van der Waals surface area contributed by atoms with Gasteiger partial charge in [0.25, 0.3) is 0 Å². The minimum absolute atomic E-state index is 0.0838. The second-order valence-corrected chi connectivity index (χ2v) is 5.06. The maximum atomic E-state index is 12.0. The molecule has 20 heavy (non-hydrogen) atoms. The van der Waals surface area contributed by atoms with E-state index in [1.807, 2.05) is 30.3 Å². The molecular formula is C16H14N2O2. The van der Waals surface area contributed by atoms with Crippen molar-refractivity contribution in [1.29, 1.82) is 0 Å². The summed E-state index contributed by atoms with van der Waals surface area (Å²) in [6.07, 6.45) is 2.92. The van der Waals surface area contributed by atoms with E-state index in [1.165, 1.54) is 0 Å². The number of hydrogen-bond acceptors (Lipinski definition) is 4. The van der Waals surface area contributed by atoms with Crippen LogP contribution in [0.15, 0.2) is 36.5 Å². The van der Waals surface area contributed by atoms with Crippen LogP contribution in [0.1, 0.15) is 22.6 Å². The largest absolute Gasteiger partial charge is 0.299 e. The van der Waals surface area contributed by atoms with Crippen molar-refractivity contribution in [2.45, 2.75) is 25.7 Å². The summed E-state index contributed by atoms with van der Waals surface area (Å²) in [6.45, 7) is 0. The minimum Gasteiger partial charge on any atom is -0.299 e. The van der Waals surface area contributed by atoms with Crippen LogP contribution in [0.25, 0.3) is 0 Å². The van der Waals surface area contributed by atoms with Crippen LogP contribution in [0.5, 0.6) is 0 Å². The van der Waals surface area contributed by atoms with E-state index >= 15 is 0 Å². The first-order chi connectivity index (χ1) is 9.69. The van der Waals surface area contributed by atoms with Crippen molar-refractivity contribution in [1.82, 2.24) is 9.97 Å². The van der Waals surface area contributed by atoms with Crippen LogP contribution in [0.4, 0.5) is 0 Å². The highest BCUT2D eigenvalue weighted by molar-refractivity contribution is 5.84. The van der Waals surface area contributed by atoms with E-state index in [-0.39, 0.29) is 18.0 Å². The number of nitrogens with zero attached hydrogens (tertiary/aromatic N) is 2. The molecule has 0 aliphatic carbocycles. The molecule has 4 rings (SSSR count). The summed E-state index contributed by atoms with van der Waals surface area (Å²) in [5.74, 6) is 0.190. The van der Waals surface area contributed by atoms with Gasteiger partial charge in [0.1, 0.15) is 11.6 Å². The number of hydrogen-bond donors (Lipinski definition) is 0. The lowest BCUT2D eigenvalue weighted by Crippen LogP contribution is -2.10. The molecule has 0 atom stereocenters. The normalized spacial score (nSPS) is 15.4. The molecule has 0 spiro atoms. The average Bonchev–Trinajstić information content (AvgIpc) is 2.41. The lowest BCUT2D eigenvalue weighted by molar-refractivity contribution is -0.118. The van der Waals surface area contributed by atoms with Gasteiger partial charge in [0.2, 0.25) is 0 Å². The maximum Gasteiger partial charge on any atom is 0.144 e. The highest BCUT2D eigenvalue weighted by atomic mass is 16.1. The van der Waals surface area contributed by atoms with E-state index < -0.39 is 0 Å². The fraction of sp³-hybridized carbons (Fsp3) is 0.250. The quantitative estimate of drug-likeness (QED) is 0.725. The Bertz CT molecular complexity index is 608. The Labute approximate surface area is 116 Å². The number of ketones is 2. The summed E-state index contributed by atoms with van der Waals surface area (Å²) in [5, 5.41) is 0. The van der Waals surface area contributed by atoms with Gasteiger partial charge in [0.05, 0.1) is 0 Å². The molecule has 4 bridgehead atoms. The lowest BCUT2D eigenvalue weighted by Gasteiger charge is -2.03. The third-order valence-corrected chi connectivity index (χ3v) is 3.29. The molecule has 2 aromatic heterocycles. The van der Waals surface area contributed by atoms with Crippen LogP contribution < -0.4 is 0 Å². The minimum atomic E-state index is 0.0838. The van der Waals surface area contributed by atoms with Gasteiger partial charge in [-0.2, -0.15) is 0 Å². The van der Waals surface area contributed by atoms with Crippen molar-refractivity contribution in [3.05, 3.63) is 59.2 Å². The van der Waals surface area contributed by atoms with E-state index in [4.69, 9.17) is 0 Å². The first-order valence-electron chi connectivity index (χ1n) is 6.61. The summed E-state index contributed by atoms with van der Waals surface area (Å²) >= 11 is 0. The van der Waals surface area contributed by atoms with E-state index in [2.05, 4.69) is 9.97 Å². The van der Waals surface area contributed by atoms with Crippen LogP contribution in [0, 0.1) is 0 Å². The van der Waals surface area contributed by atoms with Gasteiger partial charge >= 0.3 is 0 Å². The molecule has 4 heterocycles. The zero-order valence-corrected chi connectivity index (χ0v) is 11.0. The van der Waals surface area contributed by atoms with Crippen molar-refractivity contribution in [3.8, 4) is 0 Å². The molecule has 0 radical (unpaired) electrons. The predicted octanol–water partition coefficient (Wildman–Crippen LogP) is 1.50. The Morgan fingerprint density at radius 3 is 2.05 bits per heavy atom. The van der Waals surface area contributed by atoms with Crippen LogP contribution in [-0.2, 0) is 35.3 Å². The van der Waals surface area contributed by atoms with Crippen molar-refractivity contribution in [2.75, 3.05) is 0 Å². The van der Waals surface area contributed by atoms with Gasteiger partial charge in [-0.25, -0.2) is 0 Å². The molecule has 0 unspecified atom stereocenters. The summed E-state index contributed by atoms with van der Waals surface area (Å²) in [4.78, 5) is 32.6. The van der Waals surface area contributed by atoms with Crippen molar-refractivity contribution in [2.24, 2.45) is 0 Å². The van der Waals surface area contributed by atoms with E-state index in [1.54, 1.807) is 6.20 Å². The number of aromatic nitrogens is 2. The van der Waals surface area contributed by atoms with Gasteiger partial charge in [-0.1, -0.05) is 12.1 Å². The third kappa shape index (κ3) is 2.96. The number of pyridine rings is 2. The summed E-state index contributed by atoms with van der Waals surface area (Å²) in [5.41, 5.74) is 3.06.